The maximum atomic E-state index is 3.92. The summed E-state index contributed by atoms with van der Waals surface area (Å²) in [5.74, 6) is 0.933. The monoisotopic (exact) mass is 294 g/mol. The van der Waals surface area contributed by atoms with Gasteiger partial charge in [-0.05, 0) is 44.4 Å². The predicted octanol–water partition coefficient (Wildman–Crippen LogP) is 4.59. The lowest BCUT2D eigenvalue weighted by Gasteiger charge is -2.53. The second-order valence-corrected chi connectivity index (χ2v) is 7.41. The van der Waals surface area contributed by atoms with Crippen LogP contribution < -0.4 is 5.32 Å². The van der Waals surface area contributed by atoms with E-state index in [2.05, 4.69) is 37.9 Å². The van der Waals surface area contributed by atoms with Gasteiger partial charge in [-0.1, -0.05) is 47.0 Å². The molecule has 0 aromatic rings. The second-order valence-electron chi connectivity index (χ2n) is 7.41. The number of piperazine rings is 1. The molecule has 1 heterocycles. The Kier molecular flexibility index (Phi) is 6.55. The number of nitrogens with one attached hydrogen (secondary N) is 1. The Morgan fingerprint density at radius 1 is 0.952 bits per heavy atom. The predicted molar refractivity (Wildman–Crippen MR) is 92.8 cm³/mol. The largest absolute Gasteiger partial charge is 0.311 e. The summed E-state index contributed by atoms with van der Waals surface area (Å²) in [5.41, 5.74) is 0.440. The average molecular weight is 295 g/mol. The standard InChI is InChI=1S/C19H38N2/c1-5-17-14-20-18(16-12-10-9-11-13-16)15-21(17)19(6-2,7-3)8-4/h16-18,20H,5-15H2,1-4H3. The number of nitrogens with zero attached hydrogens (tertiary/aromatic N) is 1. The van der Waals surface area contributed by atoms with Gasteiger partial charge >= 0.3 is 0 Å². The van der Waals surface area contributed by atoms with Gasteiger partial charge in [-0.3, -0.25) is 4.90 Å². The molecule has 0 spiro atoms. The average Bonchev–Trinajstić information content (AvgIpc) is 2.57. The number of rotatable bonds is 6. The lowest BCUT2D eigenvalue weighted by Crippen LogP contribution is -2.65. The second kappa shape index (κ2) is 7.97. The molecule has 2 atom stereocenters. The normalized spacial score (nSPS) is 29.7. The van der Waals surface area contributed by atoms with E-state index >= 15 is 0 Å². The van der Waals surface area contributed by atoms with Crippen molar-refractivity contribution in [1.82, 2.24) is 10.2 Å². The third-order valence-corrected chi connectivity index (χ3v) is 6.72. The van der Waals surface area contributed by atoms with Gasteiger partial charge in [0.25, 0.3) is 0 Å². The summed E-state index contributed by atoms with van der Waals surface area (Å²) in [7, 11) is 0. The minimum absolute atomic E-state index is 0.440. The lowest BCUT2D eigenvalue weighted by atomic mass is 9.79. The molecule has 0 aromatic carbocycles. The first-order valence-corrected chi connectivity index (χ1v) is 9.70. The van der Waals surface area contributed by atoms with Crippen molar-refractivity contribution in [2.24, 2.45) is 5.92 Å². The Morgan fingerprint density at radius 2 is 1.57 bits per heavy atom. The molecule has 1 aliphatic heterocycles. The van der Waals surface area contributed by atoms with Gasteiger partial charge in [0.15, 0.2) is 0 Å². The number of hydrogen-bond donors (Lipinski definition) is 1. The SMILES string of the molecule is CCC1CNC(C2CCCCC2)CN1C(CC)(CC)CC. The van der Waals surface area contributed by atoms with Gasteiger partial charge in [0.1, 0.15) is 0 Å². The van der Waals surface area contributed by atoms with Gasteiger partial charge in [-0.25, -0.2) is 0 Å². The van der Waals surface area contributed by atoms with E-state index in [9.17, 15) is 0 Å². The molecule has 0 aromatic heterocycles. The zero-order valence-corrected chi connectivity index (χ0v) is 15.0. The third kappa shape index (κ3) is 3.64. The molecule has 1 aliphatic carbocycles. The fourth-order valence-corrected chi connectivity index (χ4v) is 4.98. The molecule has 0 bridgehead atoms. The lowest BCUT2D eigenvalue weighted by molar-refractivity contribution is -0.0133. The van der Waals surface area contributed by atoms with E-state index in [-0.39, 0.29) is 0 Å². The highest BCUT2D eigenvalue weighted by molar-refractivity contribution is 4.98. The molecule has 2 unspecified atom stereocenters. The van der Waals surface area contributed by atoms with Gasteiger partial charge in [0.05, 0.1) is 0 Å². The van der Waals surface area contributed by atoms with Crippen LogP contribution in [0.4, 0.5) is 0 Å². The maximum Gasteiger partial charge on any atom is 0.0224 e. The Bertz CT molecular complexity index is 284. The Labute approximate surface area is 133 Å². The minimum Gasteiger partial charge on any atom is -0.311 e. The number of hydrogen-bond acceptors (Lipinski definition) is 2. The molecule has 2 rings (SSSR count). The molecule has 21 heavy (non-hydrogen) atoms. The highest BCUT2D eigenvalue weighted by atomic mass is 15.3. The van der Waals surface area contributed by atoms with Gasteiger partial charge in [-0.2, -0.15) is 0 Å². The van der Waals surface area contributed by atoms with E-state index < -0.39 is 0 Å². The smallest absolute Gasteiger partial charge is 0.0224 e. The van der Waals surface area contributed by atoms with Crippen molar-refractivity contribution in [2.75, 3.05) is 13.1 Å². The van der Waals surface area contributed by atoms with Crippen molar-refractivity contribution in [1.29, 1.82) is 0 Å². The van der Waals surface area contributed by atoms with Crippen molar-refractivity contribution < 1.29 is 0 Å². The van der Waals surface area contributed by atoms with E-state index in [4.69, 9.17) is 0 Å². The summed E-state index contributed by atoms with van der Waals surface area (Å²) < 4.78 is 0. The van der Waals surface area contributed by atoms with Crippen LogP contribution in [0.1, 0.15) is 85.5 Å². The topological polar surface area (TPSA) is 15.3 Å². The summed E-state index contributed by atoms with van der Waals surface area (Å²) in [6.45, 7) is 12.1. The molecule has 2 aliphatic rings. The van der Waals surface area contributed by atoms with Crippen LogP contribution in [0.25, 0.3) is 0 Å². The highest BCUT2D eigenvalue weighted by Gasteiger charge is 2.41. The van der Waals surface area contributed by atoms with Crippen molar-refractivity contribution in [3.8, 4) is 0 Å². The minimum atomic E-state index is 0.440. The van der Waals surface area contributed by atoms with Gasteiger partial charge in [-0.15, -0.1) is 0 Å². The van der Waals surface area contributed by atoms with Crippen molar-refractivity contribution in [3.63, 3.8) is 0 Å². The quantitative estimate of drug-likeness (QED) is 0.771. The van der Waals surface area contributed by atoms with Gasteiger partial charge in [0.2, 0.25) is 0 Å². The summed E-state index contributed by atoms with van der Waals surface area (Å²) in [5, 5.41) is 3.92. The van der Waals surface area contributed by atoms with Crippen molar-refractivity contribution in [3.05, 3.63) is 0 Å². The molecule has 0 amide bonds. The molecule has 2 fully saturated rings. The van der Waals surface area contributed by atoms with Crippen LogP contribution >= 0.6 is 0 Å². The molecule has 1 saturated heterocycles. The molecule has 1 N–H and O–H groups in total. The first-order valence-electron chi connectivity index (χ1n) is 9.70. The third-order valence-electron chi connectivity index (χ3n) is 6.72. The molecule has 2 heteroatoms. The first-order chi connectivity index (χ1) is 10.2. The van der Waals surface area contributed by atoms with E-state index in [0.717, 1.165) is 18.0 Å². The Balaban J connectivity index is 2.11. The molecular formula is C19H38N2. The van der Waals surface area contributed by atoms with Crippen LogP contribution in [0.3, 0.4) is 0 Å². The molecule has 1 saturated carbocycles. The summed E-state index contributed by atoms with van der Waals surface area (Å²) in [6, 6.07) is 1.49. The molecule has 124 valence electrons. The van der Waals surface area contributed by atoms with Crippen LogP contribution in [0, 0.1) is 5.92 Å². The first kappa shape index (κ1) is 17.3. The van der Waals surface area contributed by atoms with Crippen molar-refractivity contribution >= 4 is 0 Å². The summed E-state index contributed by atoms with van der Waals surface area (Å²) >= 11 is 0. The Morgan fingerprint density at radius 3 is 2.10 bits per heavy atom. The fraction of sp³-hybridized carbons (Fsp3) is 1.00. The van der Waals surface area contributed by atoms with E-state index in [0.29, 0.717) is 5.54 Å². The zero-order chi connectivity index (χ0) is 15.3. The van der Waals surface area contributed by atoms with Crippen LogP contribution in [0.15, 0.2) is 0 Å². The van der Waals surface area contributed by atoms with Crippen LogP contribution in [0.2, 0.25) is 0 Å². The van der Waals surface area contributed by atoms with Crippen molar-refractivity contribution in [2.45, 2.75) is 103 Å². The fourth-order valence-electron chi connectivity index (χ4n) is 4.98. The van der Waals surface area contributed by atoms with Gasteiger partial charge < -0.3 is 5.32 Å². The van der Waals surface area contributed by atoms with Crippen LogP contribution in [-0.4, -0.2) is 35.6 Å². The molecular weight excluding hydrogens is 256 g/mol. The summed E-state index contributed by atoms with van der Waals surface area (Å²) in [6.07, 6.45) is 12.5. The van der Waals surface area contributed by atoms with E-state index in [1.54, 1.807) is 0 Å². The maximum absolute atomic E-state index is 3.92. The van der Waals surface area contributed by atoms with Crippen LogP contribution in [0.5, 0.6) is 0 Å². The van der Waals surface area contributed by atoms with E-state index in [1.807, 2.05) is 0 Å². The summed E-state index contributed by atoms with van der Waals surface area (Å²) in [4.78, 5) is 2.92. The van der Waals surface area contributed by atoms with Gasteiger partial charge in [0, 0.05) is 30.7 Å². The zero-order valence-electron chi connectivity index (χ0n) is 15.0. The molecule has 2 nitrogen and oxygen atoms in total. The highest BCUT2D eigenvalue weighted by Crippen LogP contribution is 2.35. The Hall–Kier alpha value is -0.0800. The van der Waals surface area contributed by atoms with Crippen LogP contribution in [-0.2, 0) is 0 Å². The molecule has 0 radical (unpaired) electrons. The van der Waals surface area contributed by atoms with E-state index in [1.165, 1.54) is 70.9 Å².